The van der Waals surface area contributed by atoms with E-state index in [1.807, 2.05) is 18.2 Å². The number of hydrogen-bond acceptors (Lipinski definition) is 6. The fourth-order valence-electron chi connectivity index (χ4n) is 4.26. The van der Waals surface area contributed by atoms with Gasteiger partial charge in [0.25, 0.3) is 0 Å². The van der Waals surface area contributed by atoms with E-state index in [0.29, 0.717) is 30.8 Å². The van der Waals surface area contributed by atoms with Crippen LogP contribution in [-0.2, 0) is 13.0 Å². The standard InChI is InChI=1S/C23H24F2N4O2/c24-19-4-3-14(8-20(19)25)11-28-21-10-22(31)18(13-30)17(21)9-16-5-7-27-23(29-16)15-2-1-6-26-12-15/h1-8,12,17-18,21-22,28,30-31H,9-11,13H2/t17-,18-,21-,22-/m1/s1. The lowest BCUT2D eigenvalue weighted by Crippen LogP contribution is -2.36. The molecule has 0 amide bonds. The number of hydrogen-bond donors (Lipinski definition) is 3. The zero-order valence-electron chi connectivity index (χ0n) is 16.8. The van der Waals surface area contributed by atoms with Gasteiger partial charge >= 0.3 is 0 Å². The molecule has 1 aliphatic carbocycles. The molecule has 3 aromatic rings. The van der Waals surface area contributed by atoms with Gasteiger partial charge in [0.2, 0.25) is 0 Å². The fraction of sp³-hybridized carbons (Fsp3) is 0.348. The van der Waals surface area contributed by atoms with Gasteiger partial charge in [-0.25, -0.2) is 18.7 Å². The molecule has 0 aliphatic heterocycles. The highest BCUT2D eigenvalue weighted by molar-refractivity contribution is 5.52. The molecule has 0 spiro atoms. The maximum Gasteiger partial charge on any atom is 0.160 e. The summed E-state index contributed by atoms with van der Waals surface area (Å²) in [6.07, 6.45) is 5.40. The van der Waals surface area contributed by atoms with Crippen LogP contribution in [-0.4, -0.2) is 43.9 Å². The first-order valence-corrected chi connectivity index (χ1v) is 10.2. The molecule has 1 aromatic carbocycles. The van der Waals surface area contributed by atoms with Crippen LogP contribution in [0.5, 0.6) is 0 Å². The van der Waals surface area contributed by atoms with Gasteiger partial charge in [-0.2, -0.15) is 0 Å². The van der Waals surface area contributed by atoms with Gasteiger partial charge in [-0.3, -0.25) is 4.98 Å². The second-order valence-corrected chi connectivity index (χ2v) is 7.87. The summed E-state index contributed by atoms with van der Waals surface area (Å²) in [5, 5.41) is 23.7. The van der Waals surface area contributed by atoms with Gasteiger partial charge in [0.05, 0.1) is 6.10 Å². The van der Waals surface area contributed by atoms with Crippen LogP contribution in [0.2, 0.25) is 0 Å². The van der Waals surface area contributed by atoms with E-state index in [1.54, 1.807) is 18.6 Å². The molecule has 4 rings (SSSR count). The van der Waals surface area contributed by atoms with Gasteiger partial charge in [-0.1, -0.05) is 6.07 Å². The lowest BCUT2D eigenvalue weighted by Gasteiger charge is -2.25. The van der Waals surface area contributed by atoms with Crippen molar-refractivity contribution in [2.45, 2.75) is 31.5 Å². The van der Waals surface area contributed by atoms with Crippen molar-refractivity contribution in [3.05, 3.63) is 77.9 Å². The Kier molecular flexibility index (Phi) is 6.60. The average molecular weight is 426 g/mol. The molecule has 2 heterocycles. The van der Waals surface area contributed by atoms with E-state index in [2.05, 4.69) is 20.3 Å². The van der Waals surface area contributed by atoms with Crippen molar-refractivity contribution in [1.82, 2.24) is 20.3 Å². The normalized spacial score (nSPS) is 23.2. The van der Waals surface area contributed by atoms with Crippen molar-refractivity contribution in [1.29, 1.82) is 0 Å². The molecule has 1 saturated carbocycles. The smallest absolute Gasteiger partial charge is 0.160 e. The van der Waals surface area contributed by atoms with Gasteiger partial charge in [-0.15, -0.1) is 0 Å². The summed E-state index contributed by atoms with van der Waals surface area (Å²) in [6.45, 7) is 0.184. The summed E-state index contributed by atoms with van der Waals surface area (Å²) in [5.74, 6) is -1.59. The fourth-order valence-corrected chi connectivity index (χ4v) is 4.26. The first kappa shape index (κ1) is 21.4. The molecule has 2 aromatic heterocycles. The Bertz CT molecular complexity index is 1020. The topological polar surface area (TPSA) is 91.2 Å². The molecule has 162 valence electrons. The van der Waals surface area contributed by atoms with Crippen LogP contribution in [0.3, 0.4) is 0 Å². The van der Waals surface area contributed by atoms with E-state index in [9.17, 15) is 19.0 Å². The van der Waals surface area contributed by atoms with Gasteiger partial charge in [-0.05, 0) is 54.7 Å². The molecule has 1 fully saturated rings. The van der Waals surface area contributed by atoms with Gasteiger partial charge in [0, 0.05) is 55.0 Å². The van der Waals surface area contributed by atoms with Crippen molar-refractivity contribution in [3.63, 3.8) is 0 Å². The first-order valence-electron chi connectivity index (χ1n) is 10.2. The summed E-state index contributed by atoms with van der Waals surface area (Å²) in [6, 6.07) is 9.21. The van der Waals surface area contributed by atoms with Crippen molar-refractivity contribution in [2.75, 3.05) is 6.61 Å². The lowest BCUT2D eigenvalue weighted by atomic mass is 9.88. The lowest BCUT2D eigenvalue weighted by molar-refractivity contribution is 0.0716. The second kappa shape index (κ2) is 9.55. The van der Waals surface area contributed by atoms with Crippen LogP contribution < -0.4 is 5.32 Å². The highest BCUT2D eigenvalue weighted by Gasteiger charge is 2.42. The van der Waals surface area contributed by atoms with Crippen molar-refractivity contribution < 1.29 is 19.0 Å². The van der Waals surface area contributed by atoms with E-state index >= 15 is 0 Å². The average Bonchev–Trinajstić information content (AvgIpc) is 3.09. The summed E-state index contributed by atoms with van der Waals surface area (Å²) in [7, 11) is 0. The van der Waals surface area contributed by atoms with E-state index in [4.69, 9.17) is 0 Å². The third-order valence-electron chi connectivity index (χ3n) is 5.90. The Hall–Kier alpha value is -2.81. The predicted octanol–water partition coefficient (Wildman–Crippen LogP) is 2.51. The van der Waals surface area contributed by atoms with Gasteiger partial charge in [0.1, 0.15) is 0 Å². The highest BCUT2D eigenvalue weighted by Crippen LogP contribution is 2.35. The maximum atomic E-state index is 13.5. The Morgan fingerprint density at radius 1 is 1.06 bits per heavy atom. The van der Waals surface area contributed by atoms with Crippen LogP contribution in [0.15, 0.2) is 55.0 Å². The van der Waals surface area contributed by atoms with Gasteiger partial charge < -0.3 is 15.5 Å². The Labute approximate surface area is 179 Å². The SMILES string of the molecule is OC[C@@H]1[C@@H](Cc2ccnc(-c3cccnc3)n2)[C@H](NCc2ccc(F)c(F)c2)C[C@H]1O. The Morgan fingerprint density at radius 2 is 1.94 bits per heavy atom. The summed E-state index contributed by atoms with van der Waals surface area (Å²) < 4.78 is 26.7. The Balaban J connectivity index is 1.50. The Morgan fingerprint density at radius 3 is 2.68 bits per heavy atom. The minimum atomic E-state index is -0.889. The molecular formula is C23H24F2N4O2. The monoisotopic (exact) mass is 426 g/mol. The number of halogens is 2. The number of rotatable bonds is 7. The highest BCUT2D eigenvalue weighted by atomic mass is 19.2. The zero-order valence-corrected chi connectivity index (χ0v) is 16.8. The molecule has 0 radical (unpaired) electrons. The number of pyridine rings is 1. The quantitative estimate of drug-likeness (QED) is 0.538. The number of benzene rings is 1. The van der Waals surface area contributed by atoms with Crippen LogP contribution in [0.1, 0.15) is 17.7 Å². The summed E-state index contributed by atoms with van der Waals surface area (Å²) in [5.41, 5.74) is 2.22. The minimum Gasteiger partial charge on any atom is -0.396 e. The zero-order chi connectivity index (χ0) is 21.8. The van der Waals surface area contributed by atoms with Crippen molar-refractivity contribution >= 4 is 0 Å². The maximum absolute atomic E-state index is 13.5. The third-order valence-corrected chi connectivity index (χ3v) is 5.90. The molecule has 8 heteroatoms. The number of nitrogens with zero attached hydrogens (tertiary/aromatic N) is 3. The number of aliphatic hydroxyl groups is 2. The summed E-state index contributed by atoms with van der Waals surface area (Å²) in [4.78, 5) is 13.1. The number of aromatic nitrogens is 3. The molecule has 1 aliphatic rings. The molecule has 31 heavy (non-hydrogen) atoms. The van der Waals surface area contributed by atoms with Crippen molar-refractivity contribution in [3.8, 4) is 11.4 Å². The molecule has 0 saturated heterocycles. The van der Waals surface area contributed by atoms with E-state index in [0.717, 1.165) is 23.4 Å². The summed E-state index contributed by atoms with van der Waals surface area (Å²) >= 11 is 0. The molecule has 6 nitrogen and oxygen atoms in total. The molecule has 3 N–H and O–H groups in total. The molecule has 0 unspecified atom stereocenters. The third kappa shape index (κ3) is 4.92. The number of nitrogens with one attached hydrogen (secondary N) is 1. The molecule has 4 atom stereocenters. The molecular weight excluding hydrogens is 402 g/mol. The van der Waals surface area contributed by atoms with Gasteiger partial charge in [0.15, 0.2) is 17.5 Å². The van der Waals surface area contributed by atoms with Crippen LogP contribution in [0.4, 0.5) is 8.78 Å². The second-order valence-electron chi connectivity index (χ2n) is 7.87. The largest absolute Gasteiger partial charge is 0.396 e. The molecule has 0 bridgehead atoms. The van der Waals surface area contributed by atoms with E-state index in [-0.39, 0.29) is 24.5 Å². The number of aliphatic hydroxyl groups excluding tert-OH is 2. The van der Waals surface area contributed by atoms with E-state index < -0.39 is 17.7 Å². The van der Waals surface area contributed by atoms with Crippen LogP contribution in [0.25, 0.3) is 11.4 Å². The van der Waals surface area contributed by atoms with Crippen LogP contribution >= 0.6 is 0 Å². The van der Waals surface area contributed by atoms with E-state index in [1.165, 1.54) is 6.07 Å². The first-order chi connectivity index (χ1) is 15.0. The predicted molar refractivity (Wildman–Crippen MR) is 111 cm³/mol. The minimum absolute atomic E-state index is 0.0815. The van der Waals surface area contributed by atoms with Crippen LogP contribution in [0, 0.1) is 23.5 Å². The van der Waals surface area contributed by atoms with Crippen molar-refractivity contribution in [2.24, 2.45) is 11.8 Å².